The summed E-state index contributed by atoms with van der Waals surface area (Å²) >= 11 is 12.1. The van der Waals surface area contributed by atoms with Crippen LogP contribution in [0.1, 0.15) is 32.6 Å². The molecule has 0 bridgehead atoms. The molecule has 3 aromatic carbocycles. The van der Waals surface area contributed by atoms with E-state index in [4.69, 9.17) is 32.7 Å². The van der Waals surface area contributed by atoms with E-state index in [9.17, 15) is 9.18 Å². The van der Waals surface area contributed by atoms with Crippen molar-refractivity contribution in [3.63, 3.8) is 0 Å². The molecular weight excluding hydrogens is 452 g/mol. The first-order valence-corrected chi connectivity index (χ1v) is 10.8. The Bertz CT molecular complexity index is 1270. The van der Waals surface area contributed by atoms with Crippen LogP contribution in [0, 0.1) is 12.7 Å². The maximum atomic E-state index is 13.2. The summed E-state index contributed by atoms with van der Waals surface area (Å²) in [6.07, 6.45) is 1.62. The Kier molecular flexibility index (Phi) is 5.41. The van der Waals surface area contributed by atoms with Gasteiger partial charge < -0.3 is 9.47 Å². The fraction of sp³-hybridized carbons (Fsp3) is 0.160. The van der Waals surface area contributed by atoms with Crippen LogP contribution in [-0.4, -0.2) is 17.4 Å². The van der Waals surface area contributed by atoms with Crippen molar-refractivity contribution in [2.45, 2.75) is 20.0 Å². The van der Waals surface area contributed by atoms with Crippen molar-refractivity contribution in [2.24, 2.45) is 0 Å². The number of benzene rings is 3. The zero-order valence-electron chi connectivity index (χ0n) is 17.1. The third-order valence-electron chi connectivity index (χ3n) is 5.56. The number of rotatable bonds is 3. The first-order valence-electron chi connectivity index (χ1n) is 10.0. The number of fused-ring (bicyclic) bond motifs is 2. The normalized spacial score (nSPS) is 16.5. The first-order chi connectivity index (χ1) is 15.4. The third kappa shape index (κ3) is 3.88. The van der Waals surface area contributed by atoms with Crippen LogP contribution in [0.15, 0.2) is 54.3 Å². The summed E-state index contributed by atoms with van der Waals surface area (Å²) in [5.74, 6) is 0.937. The van der Waals surface area contributed by atoms with Gasteiger partial charge in [-0.3, -0.25) is 9.69 Å². The summed E-state index contributed by atoms with van der Waals surface area (Å²) in [4.78, 5) is 15.1. The molecule has 5 rings (SSSR count). The molecule has 32 heavy (non-hydrogen) atoms. The lowest BCUT2D eigenvalue weighted by atomic mass is 10.00. The van der Waals surface area contributed by atoms with E-state index in [2.05, 4.69) is 4.90 Å². The van der Waals surface area contributed by atoms with Crippen molar-refractivity contribution in [1.82, 2.24) is 4.90 Å². The highest BCUT2D eigenvalue weighted by Crippen LogP contribution is 2.43. The van der Waals surface area contributed by atoms with E-state index in [0.717, 1.165) is 22.4 Å². The standard InChI is InChI=1S/C25H18Cl2FNO3/c1-14-24-17(12-29(13-31-24)11-16-4-7-20(26)21(27)8-16)10-19-23(30)22(32-25(14)19)9-15-2-5-18(28)6-3-15/h2-10H,11-13H2,1H3/b22-9-. The topological polar surface area (TPSA) is 38.8 Å². The Balaban J connectivity index is 1.41. The number of allylic oxidation sites excluding steroid dienone is 1. The second-order valence-electron chi connectivity index (χ2n) is 7.87. The first kappa shape index (κ1) is 21.0. The molecule has 0 atom stereocenters. The van der Waals surface area contributed by atoms with Crippen LogP contribution in [0.2, 0.25) is 10.0 Å². The zero-order valence-corrected chi connectivity index (χ0v) is 18.6. The fourth-order valence-electron chi connectivity index (χ4n) is 4.00. The molecule has 162 valence electrons. The zero-order chi connectivity index (χ0) is 22.4. The van der Waals surface area contributed by atoms with Gasteiger partial charge >= 0.3 is 0 Å². The van der Waals surface area contributed by atoms with Crippen LogP contribution in [0.4, 0.5) is 4.39 Å². The molecule has 0 saturated carbocycles. The number of carbonyl (C=O) groups is 1. The molecule has 0 aliphatic carbocycles. The SMILES string of the molecule is Cc1c2c(cc3c1O/C(=C\c1ccc(F)cc1)C3=O)CN(Cc1ccc(Cl)c(Cl)c1)CO2. The van der Waals surface area contributed by atoms with Crippen LogP contribution in [-0.2, 0) is 13.1 Å². The molecule has 7 heteroatoms. The Morgan fingerprint density at radius 1 is 1.06 bits per heavy atom. The van der Waals surface area contributed by atoms with Crippen molar-refractivity contribution in [3.8, 4) is 11.5 Å². The lowest BCUT2D eigenvalue weighted by Gasteiger charge is -2.30. The van der Waals surface area contributed by atoms with Gasteiger partial charge in [0.25, 0.3) is 0 Å². The van der Waals surface area contributed by atoms with E-state index in [0.29, 0.717) is 46.7 Å². The van der Waals surface area contributed by atoms with E-state index >= 15 is 0 Å². The predicted molar refractivity (Wildman–Crippen MR) is 122 cm³/mol. The quantitative estimate of drug-likeness (QED) is 0.415. The number of carbonyl (C=O) groups excluding carboxylic acids is 1. The van der Waals surface area contributed by atoms with Gasteiger partial charge in [-0.15, -0.1) is 0 Å². The lowest BCUT2D eigenvalue weighted by molar-refractivity contribution is 0.0876. The van der Waals surface area contributed by atoms with Gasteiger partial charge in [0, 0.05) is 24.2 Å². The van der Waals surface area contributed by atoms with Crippen molar-refractivity contribution >= 4 is 35.1 Å². The molecule has 0 aromatic heterocycles. The summed E-state index contributed by atoms with van der Waals surface area (Å²) in [5.41, 5.74) is 3.94. The highest BCUT2D eigenvalue weighted by atomic mass is 35.5. The molecule has 0 spiro atoms. The molecule has 3 aromatic rings. The van der Waals surface area contributed by atoms with Gasteiger partial charge in [-0.1, -0.05) is 41.4 Å². The Labute approximate surface area is 194 Å². The number of hydrogen-bond donors (Lipinski definition) is 0. The summed E-state index contributed by atoms with van der Waals surface area (Å²) in [6, 6.07) is 13.3. The van der Waals surface area contributed by atoms with Crippen molar-refractivity contribution in [1.29, 1.82) is 0 Å². The monoisotopic (exact) mass is 469 g/mol. The van der Waals surface area contributed by atoms with Gasteiger partial charge in [-0.2, -0.15) is 0 Å². The van der Waals surface area contributed by atoms with Crippen LogP contribution in [0.5, 0.6) is 11.5 Å². The number of ketones is 1. The molecule has 0 saturated heterocycles. The second kappa shape index (κ2) is 8.24. The van der Waals surface area contributed by atoms with Crippen LogP contribution in [0.3, 0.4) is 0 Å². The maximum Gasteiger partial charge on any atom is 0.231 e. The van der Waals surface area contributed by atoms with Crippen molar-refractivity contribution < 1.29 is 18.7 Å². The summed E-state index contributed by atoms with van der Waals surface area (Å²) in [7, 11) is 0. The van der Waals surface area contributed by atoms with Gasteiger partial charge in [0.2, 0.25) is 5.78 Å². The highest BCUT2D eigenvalue weighted by molar-refractivity contribution is 6.42. The number of Topliss-reactive ketones (excluding diaryl/α,β-unsaturated/α-hetero) is 1. The second-order valence-corrected chi connectivity index (χ2v) is 8.68. The van der Waals surface area contributed by atoms with Crippen molar-refractivity contribution in [3.05, 3.63) is 98.0 Å². The molecule has 2 aliphatic rings. The summed E-state index contributed by atoms with van der Waals surface area (Å²) in [5, 5.41) is 1.03. The molecule has 4 nitrogen and oxygen atoms in total. The van der Waals surface area contributed by atoms with E-state index in [1.807, 2.05) is 25.1 Å². The maximum absolute atomic E-state index is 13.2. The molecule has 0 unspecified atom stereocenters. The van der Waals surface area contributed by atoms with Gasteiger partial charge in [0.15, 0.2) is 5.76 Å². The molecular formula is C25H18Cl2FNO3. The van der Waals surface area contributed by atoms with Crippen LogP contribution in [0.25, 0.3) is 6.08 Å². The van der Waals surface area contributed by atoms with Crippen molar-refractivity contribution in [2.75, 3.05) is 6.73 Å². The van der Waals surface area contributed by atoms with E-state index in [-0.39, 0.29) is 17.4 Å². The van der Waals surface area contributed by atoms with Gasteiger partial charge in [0.1, 0.15) is 24.0 Å². The number of nitrogens with zero attached hydrogens (tertiary/aromatic N) is 1. The van der Waals surface area contributed by atoms with E-state index in [1.165, 1.54) is 12.1 Å². The number of ether oxygens (including phenoxy) is 2. The Morgan fingerprint density at radius 3 is 2.59 bits per heavy atom. The smallest absolute Gasteiger partial charge is 0.231 e. The number of halogens is 3. The molecule has 0 N–H and O–H groups in total. The molecule has 0 fully saturated rings. The Morgan fingerprint density at radius 2 is 1.84 bits per heavy atom. The Hall–Kier alpha value is -2.86. The summed E-state index contributed by atoms with van der Waals surface area (Å²) in [6.45, 7) is 3.54. The van der Waals surface area contributed by atoms with Crippen LogP contribution >= 0.6 is 23.2 Å². The average molecular weight is 470 g/mol. The van der Waals surface area contributed by atoms with E-state index in [1.54, 1.807) is 24.3 Å². The molecule has 2 heterocycles. The summed E-state index contributed by atoms with van der Waals surface area (Å²) < 4.78 is 25.1. The van der Waals surface area contributed by atoms with Crippen LogP contribution < -0.4 is 9.47 Å². The predicted octanol–water partition coefficient (Wildman–Crippen LogP) is 6.41. The largest absolute Gasteiger partial charge is 0.477 e. The minimum absolute atomic E-state index is 0.197. The fourth-order valence-corrected chi connectivity index (χ4v) is 4.33. The molecule has 0 amide bonds. The van der Waals surface area contributed by atoms with Gasteiger partial charge in [0.05, 0.1) is 15.6 Å². The minimum Gasteiger partial charge on any atom is -0.477 e. The third-order valence-corrected chi connectivity index (χ3v) is 6.30. The average Bonchev–Trinajstić information content (AvgIpc) is 3.08. The minimum atomic E-state index is -0.333. The highest BCUT2D eigenvalue weighted by Gasteiger charge is 2.33. The number of hydrogen-bond acceptors (Lipinski definition) is 4. The lowest BCUT2D eigenvalue weighted by Crippen LogP contribution is -2.32. The van der Waals surface area contributed by atoms with Gasteiger partial charge in [-0.05, 0) is 54.5 Å². The molecule has 2 aliphatic heterocycles. The van der Waals surface area contributed by atoms with Gasteiger partial charge in [-0.25, -0.2) is 4.39 Å². The molecule has 0 radical (unpaired) electrons. The van der Waals surface area contributed by atoms with E-state index < -0.39 is 0 Å².